The summed E-state index contributed by atoms with van der Waals surface area (Å²) >= 11 is 0. The van der Waals surface area contributed by atoms with Crippen LogP contribution in [0, 0.1) is 5.41 Å². The van der Waals surface area contributed by atoms with E-state index in [0.29, 0.717) is 32.3 Å². The molecule has 7 heteroatoms. The van der Waals surface area contributed by atoms with E-state index < -0.39 is 5.41 Å². The highest BCUT2D eigenvalue weighted by molar-refractivity contribution is 5.85. The summed E-state index contributed by atoms with van der Waals surface area (Å²) in [4.78, 5) is 14.8. The van der Waals surface area contributed by atoms with Gasteiger partial charge in [0, 0.05) is 38.4 Å². The minimum absolute atomic E-state index is 0. The van der Waals surface area contributed by atoms with Crippen LogP contribution in [-0.2, 0) is 9.53 Å². The average Bonchev–Trinajstić information content (AvgIpc) is 3.28. The second-order valence-corrected chi connectivity index (χ2v) is 6.05. The fraction of sp³-hybridized carbons (Fsp3) is 0.929. The lowest BCUT2D eigenvalue weighted by molar-refractivity contribution is -0.136. The number of rotatable bonds is 6. The zero-order chi connectivity index (χ0) is 13.9. The summed E-state index contributed by atoms with van der Waals surface area (Å²) in [5.41, 5.74) is 5.43. The van der Waals surface area contributed by atoms with Gasteiger partial charge in [0.05, 0.1) is 5.41 Å². The molecule has 2 rings (SSSR count). The van der Waals surface area contributed by atoms with Crippen LogP contribution >= 0.6 is 24.8 Å². The zero-order valence-electron chi connectivity index (χ0n) is 13.0. The van der Waals surface area contributed by atoms with Crippen molar-refractivity contribution in [3.05, 3.63) is 0 Å². The monoisotopic (exact) mass is 341 g/mol. The number of amides is 1. The van der Waals surface area contributed by atoms with Gasteiger partial charge in [-0.1, -0.05) is 0 Å². The van der Waals surface area contributed by atoms with Gasteiger partial charge in [-0.05, 0) is 39.7 Å². The standard InChI is InChI=1S/C14H27N3O2.2ClH/c1-11(17(2)12-3-4-12)9-16-13(18)14(10-15)5-7-19-8-6-14;;/h11-12H,3-10,15H2,1-2H3,(H,16,18);2*1H. The number of likely N-dealkylation sites (N-methyl/N-ethyl adjacent to an activating group) is 1. The number of hydrogen-bond acceptors (Lipinski definition) is 4. The largest absolute Gasteiger partial charge is 0.381 e. The normalized spacial score (nSPS) is 21.9. The Balaban J connectivity index is 0.00000200. The quantitative estimate of drug-likeness (QED) is 0.761. The van der Waals surface area contributed by atoms with Gasteiger partial charge in [0.15, 0.2) is 0 Å². The highest BCUT2D eigenvalue weighted by Crippen LogP contribution is 2.30. The topological polar surface area (TPSA) is 67.6 Å². The van der Waals surface area contributed by atoms with Crippen LogP contribution in [0.2, 0.25) is 0 Å². The third-order valence-electron chi connectivity index (χ3n) is 4.70. The molecule has 1 aliphatic heterocycles. The third-order valence-corrected chi connectivity index (χ3v) is 4.70. The van der Waals surface area contributed by atoms with Gasteiger partial charge in [0.1, 0.15) is 0 Å². The van der Waals surface area contributed by atoms with E-state index in [0.717, 1.165) is 18.9 Å². The van der Waals surface area contributed by atoms with Gasteiger partial charge in [0.25, 0.3) is 0 Å². The predicted molar refractivity (Wildman–Crippen MR) is 89.3 cm³/mol. The van der Waals surface area contributed by atoms with Crippen LogP contribution in [0.15, 0.2) is 0 Å². The molecule has 1 saturated carbocycles. The molecule has 2 aliphatic rings. The van der Waals surface area contributed by atoms with E-state index >= 15 is 0 Å². The van der Waals surface area contributed by atoms with Crippen LogP contribution in [0.5, 0.6) is 0 Å². The maximum absolute atomic E-state index is 12.4. The first-order chi connectivity index (χ1) is 9.09. The lowest BCUT2D eigenvalue weighted by Crippen LogP contribution is -2.51. The number of nitrogens with zero attached hydrogens (tertiary/aromatic N) is 1. The first-order valence-corrected chi connectivity index (χ1v) is 7.37. The lowest BCUT2D eigenvalue weighted by Gasteiger charge is -2.35. The molecular weight excluding hydrogens is 313 g/mol. The van der Waals surface area contributed by atoms with Crippen LogP contribution in [-0.4, -0.2) is 56.2 Å². The number of carbonyl (C=O) groups excluding carboxylic acids is 1. The van der Waals surface area contributed by atoms with E-state index in [1.165, 1.54) is 12.8 Å². The van der Waals surface area contributed by atoms with Gasteiger partial charge in [-0.3, -0.25) is 9.69 Å². The summed E-state index contributed by atoms with van der Waals surface area (Å²) in [5, 5.41) is 3.09. The third kappa shape index (κ3) is 5.25. The molecule has 1 atom stereocenters. The van der Waals surface area contributed by atoms with Gasteiger partial charge < -0.3 is 15.8 Å². The fourth-order valence-electron chi connectivity index (χ4n) is 2.70. The summed E-state index contributed by atoms with van der Waals surface area (Å²) in [5.74, 6) is 0.106. The van der Waals surface area contributed by atoms with Crippen molar-refractivity contribution in [2.45, 2.75) is 44.7 Å². The van der Waals surface area contributed by atoms with Gasteiger partial charge in [-0.15, -0.1) is 24.8 Å². The Bertz CT molecular complexity index is 321. The highest BCUT2D eigenvalue weighted by Gasteiger charge is 2.39. The summed E-state index contributed by atoms with van der Waals surface area (Å²) < 4.78 is 5.34. The number of ether oxygens (including phenoxy) is 1. The molecule has 2 fully saturated rings. The van der Waals surface area contributed by atoms with Gasteiger partial charge >= 0.3 is 0 Å². The first kappa shape index (κ1) is 20.9. The Morgan fingerprint density at radius 3 is 2.43 bits per heavy atom. The van der Waals surface area contributed by atoms with Crippen molar-refractivity contribution < 1.29 is 9.53 Å². The summed E-state index contributed by atoms with van der Waals surface area (Å²) in [6, 6.07) is 1.10. The zero-order valence-corrected chi connectivity index (χ0v) is 14.6. The molecule has 126 valence electrons. The Morgan fingerprint density at radius 2 is 1.95 bits per heavy atom. The Morgan fingerprint density at radius 1 is 1.38 bits per heavy atom. The summed E-state index contributed by atoms with van der Waals surface area (Å²) in [6.07, 6.45) is 4.06. The molecule has 0 spiro atoms. The molecule has 1 saturated heterocycles. The maximum atomic E-state index is 12.4. The second kappa shape index (κ2) is 9.16. The molecule has 0 aromatic carbocycles. The number of hydrogen-bond donors (Lipinski definition) is 2. The van der Waals surface area contributed by atoms with Crippen molar-refractivity contribution in [2.24, 2.45) is 11.1 Å². The Hall–Kier alpha value is -0.0700. The highest BCUT2D eigenvalue weighted by atomic mass is 35.5. The van der Waals surface area contributed by atoms with Crippen LogP contribution in [0.4, 0.5) is 0 Å². The number of nitrogens with two attached hydrogens (primary N) is 1. The molecule has 1 heterocycles. The van der Waals surface area contributed by atoms with Gasteiger partial charge in [-0.25, -0.2) is 0 Å². The summed E-state index contributed by atoms with van der Waals surface area (Å²) in [6.45, 7) is 4.56. The molecule has 21 heavy (non-hydrogen) atoms. The fourth-order valence-corrected chi connectivity index (χ4v) is 2.70. The summed E-state index contributed by atoms with van der Waals surface area (Å²) in [7, 11) is 2.14. The molecule has 0 aromatic rings. The smallest absolute Gasteiger partial charge is 0.227 e. The van der Waals surface area contributed by atoms with Crippen molar-refractivity contribution >= 4 is 30.7 Å². The molecule has 5 nitrogen and oxygen atoms in total. The van der Waals surface area contributed by atoms with Crippen LogP contribution in [0.25, 0.3) is 0 Å². The molecule has 0 bridgehead atoms. The molecule has 0 radical (unpaired) electrons. The van der Waals surface area contributed by atoms with E-state index in [1.807, 2.05) is 0 Å². The Kier molecular flexibility index (Phi) is 9.12. The van der Waals surface area contributed by atoms with E-state index in [1.54, 1.807) is 0 Å². The number of nitrogens with one attached hydrogen (secondary N) is 1. The van der Waals surface area contributed by atoms with Crippen LogP contribution < -0.4 is 11.1 Å². The van der Waals surface area contributed by atoms with Crippen molar-refractivity contribution in [1.29, 1.82) is 0 Å². The molecule has 1 amide bonds. The number of carbonyl (C=O) groups is 1. The van der Waals surface area contributed by atoms with Crippen molar-refractivity contribution in [3.63, 3.8) is 0 Å². The maximum Gasteiger partial charge on any atom is 0.227 e. The van der Waals surface area contributed by atoms with Gasteiger partial charge in [0.2, 0.25) is 5.91 Å². The number of halogens is 2. The van der Waals surface area contributed by atoms with Gasteiger partial charge in [-0.2, -0.15) is 0 Å². The molecule has 1 aliphatic carbocycles. The van der Waals surface area contributed by atoms with Crippen LogP contribution in [0.1, 0.15) is 32.6 Å². The van der Waals surface area contributed by atoms with Crippen LogP contribution in [0.3, 0.4) is 0 Å². The van der Waals surface area contributed by atoms with E-state index in [2.05, 4.69) is 24.2 Å². The average molecular weight is 342 g/mol. The predicted octanol–water partition coefficient (Wildman–Crippen LogP) is 1.18. The minimum Gasteiger partial charge on any atom is -0.381 e. The molecule has 1 unspecified atom stereocenters. The van der Waals surface area contributed by atoms with E-state index in [4.69, 9.17) is 10.5 Å². The minimum atomic E-state index is -0.407. The molecule has 0 aromatic heterocycles. The lowest BCUT2D eigenvalue weighted by atomic mass is 9.79. The molecular formula is C14H29Cl2N3O2. The first-order valence-electron chi connectivity index (χ1n) is 7.37. The SMILES string of the molecule is CC(CNC(=O)C1(CN)CCOCC1)N(C)C1CC1.Cl.Cl. The van der Waals surface area contributed by atoms with Crippen molar-refractivity contribution in [3.8, 4) is 0 Å². The Labute approximate surface area is 140 Å². The van der Waals surface area contributed by atoms with E-state index in [-0.39, 0.29) is 30.7 Å². The molecule has 3 N–H and O–H groups in total. The van der Waals surface area contributed by atoms with E-state index in [9.17, 15) is 4.79 Å². The van der Waals surface area contributed by atoms with Crippen molar-refractivity contribution in [1.82, 2.24) is 10.2 Å². The van der Waals surface area contributed by atoms with Crippen molar-refractivity contribution in [2.75, 3.05) is 33.4 Å². The second-order valence-electron chi connectivity index (χ2n) is 6.05.